The maximum Gasteiger partial charge on any atom is 0.227 e. The van der Waals surface area contributed by atoms with Crippen molar-refractivity contribution in [3.63, 3.8) is 0 Å². The van der Waals surface area contributed by atoms with Crippen molar-refractivity contribution in [3.05, 3.63) is 35.7 Å². The lowest BCUT2D eigenvalue weighted by Gasteiger charge is -2.26. The number of primary amides is 1. The Balaban J connectivity index is 1.35. The van der Waals surface area contributed by atoms with Crippen LogP contribution in [0.25, 0.3) is 0 Å². The predicted molar refractivity (Wildman–Crippen MR) is 121 cm³/mol. The van der Waals surface area contributed by atoms with E-state index in [1.54, 1.807) is 4.68 Å². The normalized spacial score (nSPS) is 14.6. The lowest BCUT2D eigenvalue weighted by molar-refractivity contribution is -0.115. The van der Waals surface area contributed by atoms with Crippen LogP contribution in [-0.2, 0) is 24.1 Å². The highest BCUT2D eigenvalue weighted by molar-refractivity contribution is 7.99. The molecule has 0 radical (unpaired) electrons. The van der Waals surface area contributed by atoms with Gasteiger partial charge >= 0.3 is 0 Å². The molecule has 0 atom stereocenters. The average molecular weight is 433 g/mol. The number of likely N-dealkylation sites (tertiary alicyclic amines) is 1. The van der Waals surface area contributed by atoms with Crippen molar-refractivity contribution in [1.82, 2.24) is 19.7 Å². The SMILES string of the molecule is Cn1nc(CSCC(N)=O)nc1NCCCOc1cccc(CN2CCCCC2)c1. The summed E-state index contributed by atoms with van der Waals surface area (Å²) in [7, 11) is 1.85. The summed E-state index contributed by atoms with van der Waals surface area (Å²) in [5.41, 5.74) is 6.46. The van der Waals surface area contributed by atoms with Crippen LogP contribution >= 0.6 is 11.8 Å². The van der Waals surface area contributed by atoms with Crippen LogP contribution in [0.2, 0.25) is 0 Å². The molecule has 0 unspecified atom stereocenters. The first-order valence-corrected chi connectivity index (χ1v) is 11.7. The molecule has 1 aliphatic rings. The van der Waals surface area contributed by atoms with E-state index in [2.05, 4.69) is 38.5 Å². The Kier molecular flexibility index (Phi) is 8.82. The number of nitrogens with zero attached hydrogens (tertiary/aromatic N) is 4. The van der Waals surface area contributed by atoms with Crippen molar-refractivity contribution in [2.45, 2.75) is 38.0 Å². The molecule has 0 saturated carbocycles. The molecule has 1 fully saturated rings. The van der Waals surface area contributed by atoms with Crippen molar-refractivity contribution in [3.8, 4) is 5.75 Å². The monoisotopic (exact) mass is 432 g/mol. The van der Waals surface area contributed by atoms with Gasteiger partial charge in [0.15, 0.2) is 5.82 Å². The third kappa shape index (κ3) is 7.53. The van der Waals surface area contributed by atoms with E-state index in [0.29, 0.717) is 24.1 Å². The van der Waals surface area contributed by atoms with E-state index in [9.17, 15) is 4.79 Å². The standard InChI is InChI=1S/C21H32N6O2S/c1-26-21(24-20(25-26)16-30-15-19(22)28)23-9-6-12-29-18-8-5-7-17(13-18)14-27-10-3-2-4-11-27/h5,7-8,13H,2-4,6,9-12,14-16H2,1H3,(H2,22,28)(H,23,24,25). The highest BCUT2D eigenvalue weighted by atomic mass is 32.2. The van der Waals surface area contributed by atoms with E-state index in [1.165, 1.54) is 49.7 Å². The first kappa shape index (κ1) is 22.4. The van der Waals surface area contributed by atoms with Crippen molar-refractivity contribution in [2.24, 2.45) is 12.8 Å². The van der Waals surface area contributed by atoms with E-state index in [0.717, 1.165) is 25.3 Å². The fourth-order valence-electron chi connectivity index (χ4n) is 3.47. The van der Waals surface area contributed by atoms with Crippen LogP contribution in [0.4, 0.5) is 5.95 Å². The van der Waals surface area contributed by atoms with Gasteiger partial charge in [0.2, 0.25) is 11.9 Å². The van der Waals surface area contributed by atoms with E-state index in [1.807, 2.05) is 13.1 Å². The lowest BCUT2D eigenvalue weighted by Crippen LogP contribution is -2.29. The van der Waals surface area contributed by atoms with Gasteiger partial charge in [-0.1, -0.05) is 18.6 Å². The summed E-state index contributed by atoms with van der Waals surface area (Å²) in [4.78, 5) is 17.8. The summed E-state index contributed by atoms with van der Waals surface area (Å²) in [6, 6.07) is 8.42. The zero-order chi connectivity index (χ0) is 21.2. The van der Waals surface area contributed by atoms with Crippen LogP contribution in [-0.4, -0.2) is 57.6 Å². The number of aromatic nitrogens is 3. The number of carbonyl (C=O) groups is 1. The molecule has 8 nitrogen and oxygen atoms in total. The number of piperidine rings is 1. The second kappa shape index (κ2) is 11.8. The van der Waals surface area contributed by atoms with Crippen LogP contribution in [0.5, 0.6) is 5.75 Å². The summed E-state index contributed by atoms with van der Waals surface area (Å²) < 4.78 is 7.65. The van der Waals surface area contributed by atoms with Crippen LogP contribution in [0.3, 0.4) is 0 Å². The van der Waals surface area contributed by atoms with E-state index in [4.69, 9.17) is 10.5 Å². The van der Waals surface area contributed by atoms with Gasteiger partial charge in [0.25, 0.3) is 0 Å². The number of amides is 1. The minimum absolute atomic E-state index is 0.275. The summed E-state index contributed by atoms with van der Waals surface area (Å²) in [6.07, 6.45) is 4.83. The van der Waals surface area contributed by atoms with Crippen molar-refractivity contribution in [1.29, 1.82) is 0 Å². The van der Waals surface area contributed by atoms with E-state index >= 15 is 0 Å². The van der Waals surface area contributed by atoms with Gasteiger partial charge in [0.05, 0.1) is 18.1 Å². The molecular weight excluding hydrogens is 400 g/mol. The fourth-order valence-corrected chi connectivity index (χ4v) is 4.08. The number of carbonyl (C=O) groups excluding carboxylic acids is 1. The van der Waals surface area contributed by atoms with Crippen molar-refractivity contribution < 1.29 is 9.53 Å². The number of benzene rings is 1. The number of rotatable bonds is 12. The number of nitrogens with one attached hydrogen (secondary N) is 1. The third-order valence-electron chi connectivity index (χ3n) is 4.91. The van der Waals surface area contributed by atoms with Crippen LogP contribution in [0.1, 0.15) is 37.1 Å². The zero-order valence-corrected chi connectivity index (χ0v) is 18.5. The number of ether oxygens (including phenoxy) is 1. The lowest BCUT2D eigenvalue weighted by atomic mass is 10.1. The molecular formula is C21H32N6O2S. The van der Waals surface area contributed by atoms with Gasteiger partial charge < -0.3 is 15.8 Å². The smallest absolute Gasteiger partial charge is 0.227 e. The summed E-state index contributed by atoms with van der Waals surface area (Å²) in [5, 5.41) is 7.63. The minimum Gasteiger partial charge on any atom is -0.494 e. The van der Waals surface area contributed by atoms with Crippen LogP contribution in [0, 0.1) is 0 Å². The quantitative estimate of drug-likeness (QED) is 0.497. The first-order chi connectivity index (χ1) is 14.6. The van der Waals surface area contributed by atoms with Gasteiger partial charge in [-0.15, -0.1) is 11.8 Å². The Hall–Kier alpha value is -2.26. The van der Waals surface area contributed by atoms with Gasteiger partial charge in [0, 0.05) is 20.1 Å². The molecule has 3 rings (SSSR count). The molecule has 30 heavy (non-hydrogen) atoms. The zero-order valence-electron chi connectivity index (χ0n) is 17.7. The van der Waals surface area contributed by atoms with E-state index in [-0.39, 0.29) is 11.7 Å². The molecule has 1 aliphatic heterocycles. The van der Waals surface area contributed by atoms with E-state index < -0.39 is 0 Å². The number of anilines is 1. The molecule has 2 aromatic rings. The molecule has 0 aliphatic carbocycles. The van der Waals surface area contributed by atoms with Crippen LogP contribution < -0.4 is 15.8 Å². The number of hydrogen-bond acceptors (Lipinski definition) is 7. The molecule has 0 spiro atoms. The number of aryl methyl sites for hydroxylation is 1. The van der Waals surface area contributed by atoms with Gasteiger partial charge in [-0.25, -0.2) is 4.68 Å². The van der Waals surface area contributed by atoms with Gasteiger partial charge in [-0.05, 0) is 50.0 Å². The van der Waals surface area contributed by atoms with Crippen molar-refractivity contribution in [2.75, 3.05) is 37.3 Å². The first-order valence-electron chi connectivity index (χ1n) is 10.5. The number of hydrogen-bond donors (Lipinski definition) is 2. The Morgan fingerprint density at radius 1 is 1.30 bits per heavy atom. The number of thioether (sulfide) groups is 1. The minimum atomic E-state index is -0.327. The van der Waals surface area contributed by atoms with Crippen LogP contribution in [0.15, 0.2) is 24.3 Å². The van der Waals surface area contributed by atoms with Gasteiger partial charge in [0.1, 0.15) is 5.75 Å². The van der Waals surface area contributed by atoms with Gasteiger partial charge in [-0.3, -0.25) is 9.69 Å². The fraction of sp³-hybridized carbons (Fsp3) is 0.571. The highest BCUT2D eigenvalue weighted by Gasteiger charge is 2.11. The summed E-state index contributed by atoms with van der Waals surface area (Å²) in [6.45, 7) is 4.78. The number of nitrogens with two attached hydrogens (primary N) is 1. The molecule has 1 aromatic heterocycles. The largest absolute Gasteiger partial charge is 0.494 e. The summed E-state index contributed by atoms with van der Waals surface area (Å²) in [5.74, 6) is 2.84. The maximum absolute atomic E-state index is 10.8. The Labute approximate surface area is 182 Å². The molecule has 0 bridgehead atoms. The molecule has 2 heterocycles. The highest BCUT2D eigenvalue weighted by Crippen LogP contribution is 2.18. The Morgan fingerprint density at radius 2 is 2.13 bits per heavy atom. The predicted octanol–water partition coefficient (Wildman–Crippen LogP) is 2.40. The molecule has 9 heteroatoms. The molecule has 1 amide bonds. The maximum atomic E-state index is 10.8. The molecule has 3 N–H and O–H groups in total. The second-order valence-corrected chi connectivity index (χ2v) is 8.53. The molecule has 1 saturated heterocycles. The average Bonchev–Trinajstić information content (AvgIpc) is 3.08. The van der Waals surface area contributed by atoms with Crippen molar-refractivity contribution >= 4 is 23.6 Å². The summed E-state index contributed by atoms with van der Waals surface area (Å²) >= 11 is 1.41. The molecule has 164 valence electrons. The van der Waals surface area contributed by atoms with Gasteiger partial charge in [-0.2, -0.15) is 10.1 Å². The molecule has 1 aromatic carbocycles. The third-order valence-corrected chi connectivity index (χ3v) is 5.86. The topological polar surface area (TPSA) is 98.3 Å². The second-order valence-electron chi connectivity index (χ2n) is 7.55. The Bertz CT molecular complexity index is 807. The Morgan fingerprint density at radius 3 is 2.93 bits per heavy atom.